The van der Waals surface area contributed by atoms with E-state index < -0.39 is 58.9 Å². The van der Waals surface area contributed by atoms with E-state index in [0.717, 1.165) is 0 Å². The molecule has 0 aromatic carbocycles. The molecule has 29 heavy (non-hydrogen) atoms. The van der Waals surface area contributed by atoms with Crippen molar-refractivity contribution in [3.05, 3.63) is 17.5 Å². The second-order valence-corrected chi connectivity index (χ2v) is 6.68. The van der Waals surface area contributed by atoms with E-state index in [4.69, 9.17) is 10.2 Å². The fourth-order valence-electron chi connectivity index (χ4n) is 2.97. The van der Waals surface area contributed by atoms with Gasteiger partial charge in [-0.05, 0) is 25.3 Å². The molecule has 0 radical (unpaired) electrons. The summed E-state index contributed by atoms with van der Waals surface area (Å²) in [5, 5.41) is 19.5. The monoisotopic (exact) mass is 425 g/mol. The number of nitrogens with two attached hydrogens (primary N) is 1. The van der Waals surface area contributed by atoms with Crippen LogP contribution >= 0.6 is 0 Å². The zero-order valence-electron chi connectivity index (χ0n) is 14.9. The number of nitrogen functional groups attached to an aromatic ring is 1. The van der Waals surface area contributed by atoms with Crippen molar-refractivity contribution >= 4 is 11.5 Å². The van der Waals surface area contributed by atoms with Crippen molar-refractivity contribution in [1.29, 1.82) is 0 Å². The molecular formula is C16H17F6N5O2. The average Bonchev–Trinajstić information content (AvgIpc) is 3.09. The third kappa shape index (κ3) is 4.09. The summed E-state index contributed by atoms with van der Waals surface area (Å²) in [5.74, 6) is -2.30. The fraction of sp³-hybridized carbons (Fsp3) is 0.562. The molecule has 0 amide bonds. The fourth-order valence-corrected chi connectivity index (χ4v) is 2.97. The van der Waals surface area contributed by atoms with Crippen LogP contribution in [0.2, 0.25) is 0 Å². The van der Waals surface area contributed by atoms with Crippen LogP contribution in [0.5, 0.6) is 0 Å². The van der Waals surface area contributed by atoms with E-state index in [1.54, 1.807) is 0 Å². The number of nitrogens with zero attached hydrogens (tertiary/aromatic N) is 3. The molecule has 3 heterocycles. The zero-order valence-corrected chi connectivity index (χ0v) is 14.9. The van der Waals surface area contributed by atoms with Gasteiger partial charge in [-0.3, -0.25) is 0 Å². The van der Waals surface area contributed by atoms with Crippen LogP contribution in [-0.2, 0) is 11.8 Å². The van der Waals surface area contributed by atoms with Gasteiger partial charge >= 0.3 is 12.4 Å². The van der Waals surface area contributed by atoms with Gasteiger partial charge < -0.3 is 20.6 Å². The normalized spacial score (nSPS) is 21.3. The molecule has 0 fully saturated rings. The molecule has 0 saturated carbocycles. The second kappa shape index (κ2) is 7.35. The molecule has 13 heteroatoms. The molecule has 1 aliphatic rings. The van der Waals surface area contributed by atoms with Crippen molar-refractivity contribution in [1.82, 2.24) is 15.2 Å². The van der Waals surface area contributed by atoms with Gasteiger partial charge in [0, 0.05) is 6.54 Å². The number of hydrogen-bond acceptors (Lipinski definition) is 7. The Morgan fingerprint density at radius 3 is 2.41 bits per heavy atom. The predicted molar refractivity (Wildman–Crippen MR) is 88.5 cm³/mol. The maximum atomic E-state index is 13.5. The van der Waals surface area contributed by atoms with E-state index in [-0.39, 0.29) is 13.0 Å². The quantitative estimate of drug-likeness (QED) is 0.550. The number of nitrogens with one attached hydrogen (secondary N) is 1. The van der Waals surface area contributed by atoms with Gasteiger partial charge in [0.25, 0.3) is 11.8 Å². The molecule has 1 atom stereocenters. The summed E-state index contributed by atoms with van der Waals surface area (Å²) in [4.78, 5) is 3.77. The summed E-state index contributed by atoms with van der Waals surface area (Å²) in [6.07, 6.45) is -9.43. The Morgan fingerprint density at radius 2 is 1.76 bits per heavy atom. The van der Waals surface area contributed by atoms with E-state index in [1.165, 1.54) is 0 Å². The van der Waals surface area contributed by atoms with Gasteiger partial charge in [-0.25, -0.2) is 4.98 Å². The highest BCUT2D eigenvalue weighted by Crippen LogP contribution is 2.44. The van der Waals surface area contributed by atoms with Gasteiger partial charge in [0.15, 0.2) is 5.69 Å². The minimum absolute atomic E-state index is 0.00674. The second-order valence-electron chi connectivity index (χ2n) is 6.68. The first kappa shape index (κ1) is 21.1. The van der Waals surface area contributed by atoms with Crippen LogP contribution < -0.4 is 11.1 Å². The third-order valence-corrected chi connectivity index (χ3v) is 4.57. The Bertz CT molecular complexity index is 882. The Morgan fingerprint density at radius 1 is 1.07 bits per heavy atom. The number of halogens is 6. The van der Waals surface area contributed by atoms with Gasteiger partial charge in [0.05, 0.1) is 11.3 Å². The Balaban J connectivity index is 2.14. The molecule has 1 unspecified atom stereocenters. The maximum absolute atomic E-state index is 13.5. The van der Waals surface area contributed by atoms with Gasteiger partial charge in [0.2, 0.25) is 5.60 Å². The van der Waals surface area contributed by atoms with Gasteiger partial charge in [-0.1, -0.05) is 12.8 Å². The largest absolute Gasteiger partial charge is 0.426 e. The number of alkyl halides is 6. The molecule has 2 aromatic rings. The smallest absolute Gasteiger partial charge is 0.416 e. The Hall–Kier alpha value is -2.57. The zero-order chi connectivity index (χ0) is 21.4. The standard InChI is InChI=1S/C16H17F6N5O2/c17-15(18,19)8-7-9(23)10-12-26-27-13(29-12)14(28,16(20,21)22)5-3-1-2-4-6-24-11(8)25-10/h7,28H,1-6,23H2,(H,24,25). The maximum Gasteiger partial charge on any atom is 0.426 e. The van der Waals surface area contributed by atoms with Crippen LogP contribution in [0.15, 0.2) is 10.5 Å². The van der Waals surface area contributed by atoms with Crippen LogP contribution in [0.4, 0.5) is 37.8 Å². The van der Waals surface area contributed by atoms with E-state index in [1.807, 2.05) is 0 Å². The number of anilines is 2. The molecule has 3 rings (SSSR count). The molecule has 160 valence electrons. The summed E-state index contributed by atoms with van der Waals surface area (Å²) in [6, 6.07) is 0.594. The lowest BCUT2D eigenvalue weighted by molar-refractivity contribution is -0.277. The predicted octanol–water partition coefficient (Wildman–Crippen LogP) is 3.86. The minimum atomic E-state index is -5.10. The molecular weight excluding hydrogens is 408 g/mol. The molecule has 0 spiro atoms. The SMILES string of the molecule is Nc1cc(C(F)(F)F)c2nc1-c1nnc(o1)C(O)(C(F)(F)F)CCCCCCN2. The van der Waals surface area contributed by atoms with Crippen molar-refractivity contribution in [2.75, 3.05) is 17.6 Å². The van der Waals surface area contributed by atoms with Crippen molar-refractivity contribution < 1.29 is 35.9 Å². The first-order valence-corrected chi connectivity index (χ1v) is 8.68. The van der Waals surface area contributed by atoms with Crippen molar-refractivity contribution in [3.63, 3.8) is 0 Å². The van der Waals surface area contributed by atoms with Crippen LogP contribution in [0, 0.1) is 0 Å². The molecule has 4 bridgehead atoms. The first-order chi connectivity index (χ1) is 13.4. The number of rotatable bonds is 0. The number of aromatic nitrogens is 3. The average molecular weight is 425 g/mol. The van der Waals surface area contributed by atoms with E-state index in [0.29, 0.717) is 25.3 Å². The number of hydrogen-bond donors (Lipinski definition) is 3. The minimum Gasteiger partial charge on any atom is -0.416 e. The highest BCUT2D eigenvalue weighted by Gasteiger charge is 2.58. The first-order valence-electron chi connectivity index (χ1n) is 8.68. The van der Waals surface area contributed by atoms with Crippen molar-refractivity contribution in [2.45, 2.75) is 50.1 Å². The molecule has 4 N–H and O–H groups in total. The van der Waals surface area contributed by atoms with Crippen LogP contribution in [0.3, 0.4) is 0 Å². The van der Waals surface area contributed by atoms with Crippen LogP contribution in [0.25, 0.3) is 11.6 Å². The number of aliphatic hydroxyl groups is 1. The molecule has 0 saturated heterocycles. The summed E-state index contributed by atoms with van der Waals surface area (Å²) in [7, 11) is 0. The van der Waals surface area contributed by atoms with E-state index in [2.05, 4.69) is 20.5 Å². The molecule has 7 nitrogen and oxygen atoms in total. The van der Waals surface area contributed by atoms with Crippen LogP contribution in [-0.4, -0.2) is 33.0 Å². The van der Waals surface area contributed by atoms with Gasteiger partial charge in [-0.15, -0.1) is 10.2 Å². The van der Waals surface area contributed by atoms with Gasteiger partial charge in [-0.2, -0.15) is 26.3 Å². The topological polar surface area (TPSA) is 110 Å². The summed E-state index contributed by atoms with van der Waals surface area (Å²) in [5.41, 5.74) is 0.177. The number of pyridine rings is 1. The lowest BCUT2D eigenvalue weighted by atomic mass is 9.95. The van der Waals surface area contributed by atoms with Crippen molar-refractivity contribution in [3.8, 4) is 11.6 Å². The Labute approximate surface area is 160 Å². The lowest BCUT2D eigenvalue weighted by Gasteiger charge is -2.27. The Kier molecular flexibility index (Phi) is 5.36. The van der Waals surface area contributed by atoms with Gasteiger partial charge in [0.1, 0.15) is 5.82 Å². The summed E-state index contributed by atoms with van der Waals surface area (Å²) in [6.45, 7) is 0.109. The van der Waals surface area contributed by atoms with Crippen LogP contribution in [0.1, 0.15) is 43.6 Å². The molecule has 0 aliphatic carbocycles. The highest BCUT2D eigenvalue weighted by atomic mass is 19.4. The summed E-state index contributed by atoms with van der Waals surface area (Å²) >= 11 is 0. The van der Waals surface area contributed by atoms with E-state index >= 15 is 0 Å². The molecule has 1 aliphatic heterocycles. The van der Waals surface area contributed by atoms with E-state index in [9.17, 15) is 31.4 Å². The lowest BCUT2D eigenvalue weighted by Crippen LogP contribution is -2.42. The third-order valence-electron chi connectivity index (χ3n) is 4.57. The van der Waals surface area contributed by atoms with Crippen molar-refractivity contribution in [2.24, 2.45) is 0 Å². The molecule has 2 aromatic heterocycles. The summed E-state index contributed by atoms with van der Waals surface area (Å²) < 4.78 is 85.3. The highest BCUT2D eigenvalue weighted by molar-refractivity contribution is 5.71. The number of fused-ring (bicyclic) bond motifs is 5.